The van der Waals surface area contributed by atoms with E-state index in [0.29, 0.717) is 18.0 Å². The molecule has 3 aromatic rings. The number of ether oxygens (including phenoxy) is 1. The fourth-order valence-electron chi connectivity index (χ4n) is 2.19. The lowest BCUT2D eigenvalue weighted by molar-refractivity contribution is 0.323. The summed E-state index contributed by atoms with van der Waals surface area (Å²) in [5.41, 5.74) is 1.41. The molecule has 5 nitrogen and oxygen atoms in total. The molecular formula is C17H15N3O2S. The molecule has 0 N–H and O–H groups in total. The zero-order chi connectivity index (χ0) is 16.2. The topological polar surface area (TPSA) is 57.0 Å². The predicted octanol–water partition coefficient (Wildman–Crippen LogP) is 2.98. The standard InChI is InChI=1S/C17H15N3O2S/c1-2-22-16-15(13-10-6-7-11-14(13)23)19-20(17(21)18-16)12-8-4-3-5-9-12/h3-11,23H,2H2,1H3. The summed E-state index contributed by atoms with van der Waals surface area (Å²) in [6.45, 7) is 2.23. The highest BCUT2D eigenvalue weighted by atomic mass is 32.1. The molecule has 0 fully saturated rings. The van der Waals surface area contributed by atoms with E-state index >= 15 is 0 Å². The van der Waals surface area contributed by atoms with Gasteiger partial charge in [0.05, 0.1) is 12.3 Å². The second-order valence-electron chi connectivity index (χ2n) is 4.75. The molecule has 0 unspecified atom stereocenters. The van der Waals surface area contributed by atoms with Gasteiger partial charge in [-0.25, -0.2) is 4.79 Å². The Kier molecular flexibility index (Phi) is 4.43. The summed E-state index contributed by atoms with van der Waals surface area (Å²) in [5, 5.41) is 4.46. The minimum atomic E-state index is -0.486. The van der Waals surface area contributed by atoms with E-state index in [9.17, 15) is 4.79 Å². The first-order valence-corrected chi connectivity index (χ1v) is 7.63. The lowest BCUT2D eigenvalue weighted by atomic mass is 10.1. The van der Waals surface area contributed by atoms with Crippen LogP contribution in [-0.4, -0.2) is 21.4 Å². The van der Waals surface area contributed by atoms with Gasteiger partial charge in [0.1, 0.15) is 0 Å². The van der Waals surface area contributed by atoms with Crippen LogP contribution in [0.3, 0.4) is 0 Å². The van der Waals surface area contributed by atoms with Crippen LogP contribution in [0.15, 0.2) is 64.3 Å². The van der Waals surface area contributed by atoms with E-state index < -0.39 is 5.69 Å². The van der Waals surface area contributed by atoms with E-state index in [-0.39, 0.29) is 5.88 Å². The van der Waals surface area contributed by atoms with Crippen molar-refractivity contribution >= 4 is 12.6 Å². The fourth-order valence-corrected chi connectivity index (χ4v) is 2.46. The monoisotopic (exact) mass is 325 g/mol. The van der Waals surface area contributed by atoms with Crippen molar-refractivity contribution in [1.29, 1.82) is 0 Å². The molecule has 0 saturated carbocycles. The smallest absolute Gasteiger partial charge is 0.372 e. The van der Waals surface area contributed by atoms with Gasteiger partial charge >= 0.3 is 5.69 Å². The van der Waals surface area contributed by atoms with Gasteiger partial charge in [-0.1, -0.05) is 36.4 Å². The average molecular weight is 325 g/mol. The van der Waals surface area contributed by atoms with Crippen molar-refractivity contribution in [3.8, 4) is 22.8 Å². The number of hydrogen-bond donors (Lipinski definition) is 1. The van der Waals surface area contributed by atoms with Gasteiger partial charge in [0.15, 0.2) is 5.69 Å². The van der Waals surface area contributed by atoms with Crippen molar-refractivity contribution in [3.05, 3.63) is 65.1 Å². The fraction of sp³-hybridized carbons (Fsp3) is 0.118. The maximum absolute atomic E-state index is 12.3. The van der Waals surface area contributed by atoms with Crippen LogP contribution in [-0.2, 0) is 0 Å². The van der Waals surface area contributed by atoms with Crippen molar-refractivity contribution in [2.45, 2.75) is 11.8 Å². The van der Waals surface area contributed by atoms with Crippen molar-refractivity contribution in [1.82, 2.24) is 14.8 Å². The Hall–Kier alpha value is -2.60. The summed E-state index contributed by atoms with van der Waals surface area (Å²) in [6.07, 6.45) is 0. The van der Waals surface area contributed by atoms with Gasteiger partial charge in [-0.3, -0.25) is 0 Å². The van der Waals surface area contributed by atoms with E-state index in [1.165, 1.54) is 4.68 Å². The highest BCUT2D eigenvalue weighted by Crippen LogP contribution is 2.30. The summed E-state index contributed by atoms with van der Waals surface area (Å²) in [6, 6.07) is 16.6. The molecule has 0 aliphatic rings. The minimum Gasteiger partial charge on any atom is -0.476 e. The van der Waals surface area contributed by atoms with E-state index in [1.807, 2.05) is 49.4 Å². The first kappa shape index (κ1) is 15.3. The first-order valence-electron chi connectivity index (χ1n) is 7.18. The third kappa shape index (κ3) is 3.12. The van der Waals surface area contributed by atoms with Gasteiger partial charge in [-0.15, -0.1) is 12.6 Å². The highest BCUT2D eigenvalue weighted by Gasteiger charge is 2.16. The molecule has 0 saturated heterocycles. The zero-order valence-electron chi connectivity index (χ0n) is 12.5. The van der Waals surface area contributed by atoms with Gasteiger partial charge < -0.3 is 4.74 Å². The minimum absolute atomic E-state index is 0.214. The van der Waals surface area contributed by atoms with Gasteiger partial charge in [-0.05, 0) is 25.1 Å². The predicted molar refractivity (Wildman–Crippen MR) is 91.5 cm³/mol. The van der Waals surface area contributed by atoms with Crippen LogP contribution in [0, 0.1) is 0 Å². The molecule has 6 heteroatoms. The Labute approximate surface area is 139 Å². The van der Waals surface area contributed by atoms with Crippen molar-refractivity contribution in [2.75, 3.05) is 6.61 Å². The maximum Gasteiger partial charge on any atom is 0.372 e. The Morgan fingerprint density at radius 1 is 1.09 bits per heavy atom. The van der Waals surface area contributed by atoms with Crippen molar-refractivity contribution < 1.29 is 4.74 Å². The van der Waals surface area contributed by atoms with Crippen LogP contribution in [0.2, 0.25) is 0 Å². The largest absolute Gasteiger partial charge is 0.476 e. The Morgan fingerprint density at radius 2 is 1.78 bits per heavy atom. The van der Waals surface area contributed by atoms with Crippen LogP contribution in [0.1, 0.15) is 6.92 Å². The normalized spacial score (nSPS) is 10.5. The second-order valence-corrected chi connectivity index (χ2v) is 5.23. The number of aromatic nitrogens is 3. The molecule has 116 valence electrons. The number of para-hydroxylation sites is 1. The summed E-state index contributed by atoms with van der Waals surface area (Å²) < 4.78 is 6.76. The van der Waals surface area contributed by atoms with Crippen LogP contribution < -0.4 is 10.4 Å². The third-order valence-electron chi connectivity index (χ3n) is 3.22. The number of rotatable bonds is 4. The Balaban J connectivity index is 2.25. The summed E-state index contributed by atoms with van der Waals surface area (Å²) in [7, 11) is 0. The van der Waals surface area contributed by atoms with Crippen molar-refractivity contribution in [2.24, 2.45) is 0 Å². The van der Waals surface area contributed by atoms with Crippen LogP contribution in [0.5, 0.6) is 5.88 Å². The molecule has 0 radical (unpaired) electrons. The van der Waals surface area contributed by atoms with Crippen LogP contribution >= 0.6 is 12.6 Å². The van der Waals surface area contributed by atoms with E-state index in [0.717, 1.165) is 10.5 Å². The molecule has 0 aliphatic carbocycles. The maximum atomic E-state index is 12.3. The molecule has 0 atom stereocenters. The summed E-state index contributed by atoms with van der Waals surface area (Å²) >= 11 is 4.46. The third-order valence-corrected chi connectivity index (χ3v) is 3.61. The number of nitrogens with zero attached hydrogens (tertiary/aromatic N) is 3. The van der Waals surface area contributed by atoms with Gasteiger partial charge in [-0.2, -0.15) is 14.8 Å². The lowest BCUT2D eigenvalue weighted by Crippen LogP contribution is -2.25. The van der Waals surface area contributed by atoms with E-state index in [2.05, 4.69) is 22.7 Å². The molecule has 1 heterocycles. The Morgan fingerprint density at radius 3 is 2.48 bits per heavy atom. The van der Waals surface area contributed by atoms with Gasteiger partial charge in [0, 0.05) is 10.5 Å². The molecule has 3 rings (SSSR count). The summed E-state index contributed by atoms with van der Waals surface area (Å²) in [5.74, 6) is 0.214. The zero-order valence-corrected chi connectivity index (χ0v) is 13.4. The molecule has 0 amide bonds. The number of benzene rings is 2. The van der Waals surface area contributed by atoms with Crippen molar-refractivity contribution in [3.63, 3.8) is 0 Å². The quantitative estimate of drug-likeness (QED) is 0.749. The highest BCUT2D eigenvalue weighted by molar-refractivity contribution is 7.80. The SMILES string of the molecule is CCOc1nc(=O)n(-c2ccccc2)nc1-c1ccccc1S. The number of hydrogen-bond acceptors (Lipinski definition) is 5. The average Bonchev–Trinajstić information content (AvgIpc) is 2.57. The van der Waals surface area contributed by atoms with E-state index in [1.54, 1.807) is 12.1 Å². The van der Waals surface area contributed by atoms with Crippen LogP contribution in [0.4, 0.5) is 0 Å². The molecule has 23 heavy (non-hydrogen) atoms. The lowest BCUT2D eigenvalue weighted by Gasteiger charge is -2.12. The summed E-state index contributed by atoms with van der Waals surface area (Å²) in [4.78, 5) is 17.1. The molecule has 0 aliphatic heterocycles. The van der Waals surface area contributed by atoms with Gasteiger partial charge in [0.2, 0.25) is 5.88 Å². The first-order chi connectivity index (χ1) is 11.2. The molecule has 0 bridgehead atoms. The van der Waals surface area contributed by atoms with Crippen LogP contribution in [0.25, 0.3) is 16.9 Å². The molecule has 2 aromatic carbocycles. The molecular weight excluding hydrogens is 310 g/mol. The molecule has 1 aromatic heterocycles. The van der Waals surface area contributed by atoms with Gasteiger partial charge in [0.25, 0.3) is 0 Å². The number of thiol groups is 1. The Bertz CT molecular complexity index is 879. The second kappa shape index (κ2) is 6.66. The van der Waals surface area contributed by atoms with E-state index in [4.69, 9.17) is 4.74 Å². The molecule has 0 spiro atoms.